The summed E-state index contributed by atoms with van der Waals surface area (Å²) >= 11 is 11.8. The second kappa shape index (κ2) is 9.13. The van der Waals surface area contributed by atoms with Crippen LogP contribution >= 0.6 is 33.4 Å². The maximum Gasteiger partial charge on any atom is 0.413 e. The molecule has 1 saturated carbocycles. The molecule has 1 aliphatic carbocycles. The number of ether oxygens (including phenoxy) is 1. The molecule has 1 aliphatic rings. The number of benzene rings is 2. The predicted octanol–water partition coefficient (Wildman–Crippen LogP) is 7.39. The number of nitrogens with one attached hydrogen (secondary N) is 1. The van der Waals surface area contributed by atoms with Crippen LogP contribution in [0.2, 0.25) is 10.0 Å². The molecule has 0 unspecified atom stereocenters. The molecule has 0 atom stereocenters. The number of hydrogen-bond acceptors (Lipinski definition) is 5. The first-order valence-corrected chi connectivity index (χ1v) is 13.5. The Morgan fingerprint density at radius 1 is 1.10 bits per heavy atom. The highest BCUT2D eigenvalue weighted by Gasteiger charge is 2.65. The molecule has 2 aromatic carbocycles. The summed E-state index contributed by atoms with van der Waals surface area (Å²) < 4.78 is 113. The molecule has 41 heavy (non-hydrogen) atoms. The van der Waals surface area contributed by atoms with Gasteiger partial charge in [0.15, 0.2) is 23.1 Å². The Kier molecular flexibility index (Phi) is 6.73. The lowest BCUT2D eigenvalue weighted by molar-refractivity contribution is -0.120. The van der Waals surface area contributed by atoms with Crippen molar-refractivity contribution in [3.05, 3.63) is 68.6 Å². The lowest BCUT2D eigenvalue weighted by Gasteiger charge is -2.40. The minimum atomic E-state index is -10.3. The lowest BCUT2D eigenvalue weighted by Crippen LogP contribution is -2.30. The first-order chi connectivity index (χ1) is 18.7. The van der Waals surface area contributed by atoms with Crippen molar-refractivity contribution in [3.63, 3.8) is 0 Å². The molecular formula is C22H13Cl2F8N5O3S. The second-order valence-electron chi connectivity index (χ2n) is 8.78. The van der Waals surface area contributed by atoms with Gasteiger partial charge in [-0.3, -0.25) is 10.1 Å². The van der Waals surface area contributed by atoms with Gasteiger partial charge in [-0.2, -0.15) is 10.4 Å². The van der Waals surface area contributed by atoms with Crippen LogP contribution < -0.4 is 11.1 Å². The summed E-state index contributed by atoms with van der Waals surface area (Å²) in [6.45, 7) is -0.968. The van der Waals surface area contributed by atoms with Crippen molar-refractivity contribution in [2.75, 3.05) is 5.32 Å². The Morgan fingerprint density at radius 3 is 2.17 bits per heavy atom. The van der Waals surface area contributed by atoms with Gasteiger partial charge in [-0.15, -0.1) is 0 Å². The van der Waals surface area contributed by atoms with Crippen LogP contribution in [-0.2, 0) is 21.6 Å². The molecule has 0 bridgehead atoms. The van der Waals surface area contributed by atoms with E-state index in [1.54, 1.807) is 6.07 Å². The molecular weight excluding hydrogens is 637 g/mol. The van der Waals surface area contributed by atoms with Crippen LogP contribution in [0.4, 0.5) is 43.2 Å². The van der Waals surface area contributed by atoms with Crippen LogP contribution in [0.15, 0.2) is 29.2 Å². The number of primary amides is 1. The van der Waals surface area contributed by atoms with Gasteiger partial charge >= 0.3 is 16.3 Å². The summed E-state index contributed by atoms with van der Waals surface area (Å²) in [5.74, 6) is -6.63. The highest BCUT2D eigenvalue weighted by Crippen LogP contribution is 3.02. The van der Waals surface area contributed by atoms with E-state index in [0.29, 0.717) is 10.7 Å². The number of aromatic nitrogens is 2. The molecule has 2 amide bonds. The normalized spacial score (nSPS) is 15.8. The van der Waals surface area contributed by atoms with Gasteiger partial charge in [0.2, 0.25) is 5.91 Å². The van der Waals surface area contributed by atoms with E-state index in [-0.39, 0.29) is 30.5 Å². The number of amides is 2. The van der Waals surface area contributed by atoms with E-state index in [4.69, 9.17) is 33.7 Å². The van der Waals surface area contributed by atoms with Crippen LogP contribution in [-0.4, -0.2) is 21.8 Å². The van der Waals surface area contributed by atoms with E-state index in [9.17, 15) is 47.5 Å². The number of anilines is 1. The molecule has 220 valence electrons. The number of hydrogen-bond donors (Lipinski definition) is 2. The van der Waals surface area contributed by atoms with E-state index in [1.165, 1.54) is 0 Å². The summed E-state index contributed by atoms with van der Waals surface area (Å²) in [6, 6.07) is 2.67. The molecule has 0 radical (unpaired) electrons. The first-order valence-electron chi connectivity index (χ1n) is 10.8. The minimum Gasteiger partial charge on any atom is -0.444 e. The zero-order valence-corrected chi connectivity index (χ0v) is 22.1. The number of nitriles is 1. The molecule has 1 fully saturated rings. The monoisotopic (exact) mass is 649 g/mol. The van der Waals surface area contributed by atoms with Crippen LogP contribution in [0.5, 0.6) is 0 Å². The van der Waals surface area contributed by atoms with Gasteiger partial charge in [0.1, 0.15) is 29.1 Å². The van der Waals surface area contributed by atoms with Gasteiger partial charge in [-0.1, -0.05) is 42.6 Å². The zero-order valence-electron chi connectivity index (χ0n) is 19.8. The number of carbonyl (C=O) groups is 2. The predicted molar refractivity (Wildman–Crippen MR) is 130 cm³/mol. The van der Waals surface area contributed by atoms with Crippen molar-refractivity contribution in [2.24, 2.45) is 5.73 Å². The molecule has 8 nitrogen and oxygen atoms in total. The standard InChI is InChI=1S/C22H13Cl2F8N5O3S/c23-11-5-10(41(28,29,30,31)32)6-12(24)18(11)37-19(15(14(7-33)36-37)22(3-4-22)20(34)38)35-21(39)40-8-9-1-2-13(25)17(27)16(9)26/h1-2,5-6H,3-4,8H2,(H2,34,38)(H,35,39). The van der Waals surface area contributed by atoms with Gasteiger partial charge in [-0.25, -0.2) is 22.6 Å². The summed E-state index contributed by atoms with van der Waals surface area (Å²) in [5.41, 5.74) is 1.66. The van der Waals surface area contributed by atoms with Crippen LogP contribution in [0.25, 0.3) is 5.69 Å². The number of rotatable bonds is 7. The van der Waals surface area contributed by atoms with Gasteiger partial charge in [0.05, 0.1) is 15.5 Å². The molecule has 4 rings (SSSR count). The third kappa shape index (κ3) is 5.59. The van der Waals surface area contributed by atoms with Crippen molar-refractivity contribution >= 4 is 51.2 Å². The molecule has 1 aromatic heterocycles. The summed E-state index contributed by atoms with van der Waals surface area (Å²) in [4.78, 5) is 22.5. The van der Waals surface area contributed by atoms with Crippen molar-refractivity contribution in [2.45, 2.75) is 29.8 Å². The second-order valence-corrected chi connectivity index (χ2v) is 12.0. The fourth-order valence-electron chi connectivity index (χ4n) is 3.89. The third-order valence-corrected chi connectivity index (χ3v) is 7.74. The van der Waals surface area contributed by atoms with E-state index < -0.39 is 89.4 Å². The molecule has 19 heteroatoms. The largest absolute Gasteiger partial charge is 0.444 e. The van der Waals surface area contributed by atoms with E-state index in [0.717, 1.165) is 6.07 Å². The van der Waals surface area contributed by atoms with Gasteiger partial charge in [0, 0.05) is 11.1 Å². The quantitative estimate of drug-likeness (QED) is 0.204. The van der Waals surface area contributed by atoms with Gasteiger partial charge < -0.3 is 10.5 Å². The van der Waals surface area contributed by atoms with Crippen LogP contribution in [0.3, 0.4) is 0 Å². The van der Waals surface area contributed by atoms with Crippen LogP contribution in [0, 0.1) is 28.8 Å². The fraction of sp³-hybridized carbons (Fsp3) is 0.182. The molecule has 1 heterocycles. The minimum absolute atomic E-state index is 0.0388. The van der Waals surface area contributed by atoms with Crippen molar-refractivity contribution in [1.29, 1.82) is 5.26 Å². The first kappa shape index (κ1) is 30.2. The maximum atomic E-state index is 14.0. The fourth-order valence-corrected chi connectivity index (χ4v) is 5.35. The maximum absolute atomic E-state index is 14.0. The molecule has 3 aromatic rings. The smallest absolute Gasteiger partial charge is 0.413 e. The number of carbonyl (C=O) groups excluding carboxylic acids is 2. The Morgan fingerprint density at radius 2 is 1.68 bits per heavy atom. The SMILES string of the molecule is N#Cc1nn(-c2c(Cl)cc(S(F)(F)(F)(F)F)cc2Cl)c(NC(=O)OCc2ccc(F)c(F)c2F)c1C1(C(N)=O)CC1. The molecule has 0 saturated heterocycles. The third-order valence-electron chi connectivity index (χ3n) is 6.03. The van der Waals surface area contributed by atoms with Gasteiger partial charge in [0.25, 0.3) is 0 Å². The molecule has 0 aliphatic heterocycles. The average molecular weight is 650 g/mol. The van der Waals surface area contributed by atoms with E-state index >= 15 is 0 Å². The number of halogens is 10. The van der Waals surface area contributed by atoms with Gasteiger partial charge in [-0.05, 0) is 37.1 Å². The van der Waals surface area contributed by atoms with Crippen molar-refractivity contribution in [3.8, 4) is 11.8 Å². The Labute approximate surface area is 234 Å². The van der Waals surface area contributed by atoms with Crippen LogP contribution in [0.1, 0.15) is 29.7 Å². The topological polar surface area (TPSA) is 123 Å². The number of nitrogens with zero attached hydrogens (tertiary/aromatic N) is 3. The summed E-state index contributed by atoms with van der Waals surface area (Å²) in [6.07, 6.45) is -1.40. The highest BCUT2D eigenvalue weighted by molar-refractivity contribution is 8.45. The lowest BCUT2D eigenvalue weighted by atomic mass is 9.94. The van der Waals surface area contributed by atoms with Crippen molar-refractivity contribution in [1.82, 2.24) is 9.78 Å². The average Bonchev–Trinajstić information content (AvgIpc) is 3.58. The molecule has 0 spiro atoms. The number of nitrogens with two attached hydrogens (primary N) is 1. The summed E-state index contributed by atoms with van der Waals surface area (Å²) in [5, 5.41) is 13.5. The van der Waals surface area contributed by atoms with E-state index in [2.05, 4.69) is 10.4 Å². The summed E-state index contributed by atoms with van der Waals surface area (Å²) in [7, 11) is -10.3. The zero-order chi connectivity index (χ0) is 30.8. The Hall–Kier alpha value is -3.75. The molecule has 3 N–H and O–H groups in total. The van der Waals surface area contributed by atoms with Crippen molar-refractivity contribution < 1.29 is 46.9 Å². The van der Waals surface area contributed by atoms with E-state index in [1.807, 2.05) is 0 Å². The highest BCUT2D eigenvalue weighted by atomic mass is 35.5. The Bertz CT molecular complexity index is 1670. The Balaban J connectivity index is 1.83.